The SMILES string of the molecule is C/C=C\C(=C/C)Oc1ccc(NC=O)cc1. The van der Waals surface area contributed by atoms with Gasteiger partial charge < -0.3 is 10.1 Å². The number of carbonyl (C=O) groups excluding carboxylic acids is 1. The second-order valence-corrected chi connectivity index (χ2v) is 3.08. The zero-order valence-electron chi connectivity index (χ0n) is 9.44. The summed E-state index contributed by atoms with van der Waals surface area (Å²) in [4.78, 5) is 10.2. The maximum atomic E-state index is 10.2. The van der Waals surface area contributed by atoms with E-state index in [4.69, 9.17) is 4.74 Å². The van der Waals surface area contributed by atoms with Crippen molar-refractivity contribution < 1.29 is 9.53 Å². The van der Waals surface area contributed by atoms with E-state index in [-0.39, 0.29) is 0 Å². The highest BCUT2D eigenvalue weighted by atomic mass is 16.5. The summed E-state index contributed by atoms with van der Waals surface area (Å²) in [5.41, 5.74) is 0.746. The Morgan fingerprint density at radius 3 is 2.44 bits per heavy atom. The summed E-state index contributed by atoms with van der Waals surface area (Å²) < 4.78 is 5.60. The summed E-state index contributed by atoms with van der Waals surface area (Å²) in [5.74, 6) is 1.53. The van der Waals surface area contributed by atoms with Gasteiger partial charge in [-0.1, -0.05) is 6.08 Å². The summed E-state index contributed by atoms with van der Waals surface area (Å²) in [6, 6.07) is 7.18. The topological polar surface area (TPSA) is 38.3 Å². The van der Waals surface area contributed by atoms with Crippen LogP contribution in [0.5, 0.6) is 5.75 Å². The van der Waals surface area contributed by atoms with E-state index >= 15 is 0 Å². The Morgan fingerprint density at radius 1 is 1.25 bits per heavy atom. The molecule has 1 rings (SSSR count). The summed E-state index contributed by atoms with van der Waals surface area (Å²) in [6.45, 7) is 3.85. The molecule has 0 unspecified atom stereocenters. The van der Waals surface area contributed by atoms with E-state index in [1.54, 1.807) is 24.3 Å². The van der Waals surface area contributed by atoms with Gasteiger partial charge in [-0.3, -0.25) is 4.79 Å². The number of hydrogen-bond acceptors (Lipinski definition) is 2. The number of carbonyl (C=O) groups is 1. The zero-order valence-corrected chi connectivity index (χ0v) is 9.44. The number of anilines is 1. The van der Waals surface area contributed by atoms with E-state index in [0.29, 0.717) is 6.41 Å². The Kier molecular flexibility index (Phi) is 4.86. The molecule has 0 saturated heterocycles. The van der Waals surface area contributed by atoms with Gasteiger partial charge in [0.1, 0.15) is 11.5 Å². The lowest BCUT2D eigenvalue weighted by molar-refractivity contribution is -0.105. The molecule has 1 aromatic carbocycles. The lowest BCUT2D eigenvalue weighted by atomic mass is 10.3. The molecule has 0 aromatic heterocycles. The molecule has 0 aliphatic heterocycles. The average Bonchev–Trinajstić information content (AvgIpc) is 2.31. The first-order valence-electron chi connectivity index (χ1n) is 5.07. The molecular weight excluding hydrogens is 202 g/mol. The molecule has 16 heavy (non-hydrogen) atoms. The second-order valence-electron chi connectivity index (χ2n) is 3.08. The van der Waals surface area contributed by atoms with Crippen molar-refractivity contribution in [2.45, 2.75) is 13.8 Å². The number of nitrogens with one attached hydrogen (secondary N) is 1. The zero-order chi connectivity index (χ0) is 11.8. The van der Waals surface area contributed by atoms with Gasteiger partial charge in [-0.15, -0.1) is 0 Å². The predicted molar refractivity (Wildman–Crippen MR) is 65.3 cm³/mol. The molecular formula is C13H15NO2. The summed E-state index contributed by atoms with van der Waals surface area (Å²) in [6.07, 6.45) is 6.33. The van der Waals surface area contributed by atoms with Crippen LogP contribution >= 0.6 is 0 Å². The van der Waals surface area contributed by atoms with Gasteiger partial charge in [-0.2, -0.15) is 0 Å². The second kappa shape index (κ2) is 6.45. The van der Waals surface area contributed by atoms with Crippen LogP contribution in [0.25, 0.3) is 0 Å². The molecule has 0 aliphatic rings. The Labute approximate surface area is 95.4 Å². The van der Waals surface area contributed by atoms with Gasteiger partial charge in [0.05, 0.1) is 0 Å². The Bertz CT molecular complexity index is 391. The van der Waals surface area contributed by atoms with Crippen LogP contribution in [0.15, 0.2) is 48.3 Å². The largest absolute Gasteiger partial charge is 0.458 e. The van der Waals surface area contributed by atoms with Gasteiger partial charge in [0.25, 0.3) is 0 Å². The van der Waals surface area contributed by atoms with E-state index < -0.39 is 0 Å². The highest BCUT2D eigenvalue weighted by Gasteiger charge is 1.96. The third-order valence-electron chi connectivity index (χ3n) is 1.93. The Hall–Kier alpha value is -2.03. The Balaban J connectivity index is 2.71. The van der Waals surface area contributed by atoms with Crippen LogP contribution in [-0.4, -0.2) is 6.41 Å². The van der Waals surface area contributed by atoms with Crippen LogP contribution in [0.3, 0.4) is 0 Å². The van der Waals surface area contributed by atoms with Crippen molar-refractivity contribution in [2.75, 3.05) is 5.32 Å². The van der Waals surface area contributed by atoms with E-state index in [9.17, 15) is 4.79 Å². The van der Waals surface area contributed by atoms with Crippen LogP contribution in [0.4, 0.5) is 5.69 Å². The van der Waals surface area contributed by atoms with Crippen LogP contribution in [0.2, 0.25) is 0 Å². The fourth-order valence-corrected chi connectivity index (χ4v) is 1.18. The van der Waals surface area contributed by atoms with E-state index in [0.717, 1.165) is 17.2 Å². The van der Waals surface area contributed by atoms with Gasteiger partial charge in [0.15, 0.2) is 0 Å². The van der Waals surface area contributed by atoms with Gasteiger partial charge in [-0.25, -0.2) is 0 Å². The molecule has 0 fully saturated rings. The highest BCUT2D eigenvalue weighted by molar-refractivity contribution is 5.71. The van der Waals surface area contributed by atoms with Gasteiger partial charge >= 0.3 is 0 Å². The number of hydrogen-bond donors (Lipinski definition) is 1. The molecule has 0 atom stereocenters. The van der Waals surface area contributed by atoms with Crippen molar-refractivity contribution in [3.8, 4) is 5.75 Å². The van der Waals surface area contributed by atoms with E-state index in [1.165, 1.54) is 0 Å². The smallest absolute Gasteiger partial charge is 0.211 e. The normalized spacial score (nSPS) is 11.5. The highest BCUT2D eigenvalue weighted by Crippen LogP contribution is 2.17. The van der Waals surface area contributed by atoms with Crippen LogP contribution in [0.1, 0.15) is 13.8 Å². The standard InChI is InChI=1S/C13H15NO2/c1-3-5-12(4-2)16-13-8-6-11(7-9-13)14-10-15/h3-10H,1-2H3,(H,14,15)/b5-3-,12-4+. The van der Waals surface area contributed by atoms with Crippen molar-refractivity contribution in [3.05, 3.63) is 48.3 Å². The monoisotopic (exact) mass is 217 g/mol. The van der Waals surface area contributed by atoms with Crippen molar-refractivity contribution in [1.82, 2.24) is 0 Å². The van der Waals surface area contributed by atoms with Crippen LogP contribution < -0.4 is 10.1 Å². The minimum Gasteiger partial charge on any atom is -0.458 e. The van der Waals surface area contributed by atoms with E-state index in [1.807, 2.05) is 32.1 Å². The molecule has 84 valence electrons. The number of amides is 1. The van der Waals surface area contributed by atoms with Crippen LogP contribution in [0, 0.1) is 0 Å². The van der Waals surface area contributed by atoms with Crippen molar-refractivity contribution in [3.63, 3.8) is 0 Å². The fourth-order valence-electron chi connectivity index (χ4n) is 1.18. The lowest BCUT2D eigenvalue weighted by Crippen LogP contribution is -1.94. The molecule has 3 nitrogen and oxygen atoms in total. The molecule has 3 heteroatoms. The quantitative estimate of drug-likeness (QED) is 0.467. The van der Waals surface area contributed by atoms with Crippen molar-refractivity contribution in [1.29, 1.82) is 0 Å². The van der Waals surface area contributed by atoms with Crippen molar-refractivity contribution >= 4 is 12.1 Å². The average molecular weight is 217 g/mol. The first kappa shape index (κ1) is 12.0. The first-order chi connectivity index (χ1) is 7.80. The summed E-state index contributed by atoms with van der Waals surface area (Å²) >= 11 is 0. The van der Waals surface area contributed by atoms with Crippen molar-refractivity contribution in [2.24, 2.45) is 0 Å². The summed E-state index contributed by atoms with van der Waals surface area (Å²) in [5, 5.41) is 2.56. The number of allylic oxidation sites excluding steroid dienone is 3. The van der Waals surface area contributed by atoms with Gasteiger partial charge in [-0.05, 0) is 50.3 Å². The van der Waals surface area contributed by atoms with E-state index in [2.05, 4.69) is 5.32 Å². The minimum absolute atomic E-state index is 0.646. The molecule has 1 N–H and O–H groups in total. The molecule has 0 heterocycles. The molecule has 1 aromatic rings. The fraction of sp³-hybridized carbons (Fsp3) is 0.154. The minimum atomic E-state index is 0.646. The molecule has 0 radical (unpaired) electrons. The molecule has 0 spiro atoms. The molecule has 0 aliphatic carbocycles. The molecule has 0 bridgehead atoms. The first-order valence-corrected chi connectivity index (χ1v) is 5.07. The van der Waals surface area contributed by atoms with Gasteiger partial charge in [0, 0.05) is 5.69 Å². The van der Waals surface area contributed by atoms with Crippen LogP contribution in [-0.2, 0) is 4.79 Å². The maximum Gasteiger partial charge on any atom is 0.211 e. The number of ether oxygens (including phenoxy) is 1. The lowest BCUT2D eigenvalue weighted by Gasteiger charge is -2.06. The van der Waals surface area contributed by atoms with Gasteiger partial charge in [0.2, 0.25) is 6.41 Å². The third kappa shape index (κ3) is 3.61. The number of benzene rings is 1. The number of rotatable bonds is 5. The maximum absolute atomic E-state index is 10.2. The molecule has 1 amide bonds. The summed E-state index contributed by atoms with van der Waals surface area (Å²) in [7, 11) is 0. The molecule has 0 saturated carbocycles. The predicted octanol–water partition coefficient (Wildman–Crippen LogP) is 3.11. The third-order valence-corrected chi connectivity index (χ3v) is 1.93. The Morgan fingerprint density at radius 2 is 1.94 bits per heavy atom.